The van der Waals surface area contributed by atoms with Crippen LogP contribution in [0.3, 0.4) is 0 Å². The number of benzene rings is 4. The maximum absolute atomic E-state index is 13.8. The summed E-state index contributed by atoms with van der Waals surface area (Å²) in [6.07, 6.45) is -1.03. The van der Waals surface area contributed by atoms with Crippen molar-refractivity contribution in [2.24, 2.45) is 5.92 Å². The van der Waals surface area contributed by atoms with Crippen molar-refractivity contribution in [3.8, 4) is 11.5 Å². The van der Waals surface area contributed by atoms with Crippen molar-refractivity contribution in [1.82, 2.24) is 0 Å². The van der Waals surface area contributed by atoms with E-state index in [1.807, 2.05) is 30.3 Å². The predicted molar refractivity (Wildman–Crippen MR) is 146 cm³/mol. The molecule has 0 aliphatic carbocycles. The average Bonchev–Trinajstić information content (AvgIpc) is 3.50. The minimum atomic E-state index is -4.02. The second kappa shape index (κ2) is 10.1. The van der Waals surface area contributed by atoms with Crippen molar-refractivity contribution in [3.63, 3.8) is 0 Å². The number of hydroxylamine groups is 1. The van der Waals surface area contributed by atoms with Crippen LogP contribution in [0, 0.1) is 5.92 Å². The van der Waals surface area contributed by atoms with Gasteiger partial charge in [0.1, 0.15) is 22.3 Å². The van der Waals surface area contributed by atoms with E-state index in [0.717, 1.165) is 4.90 Å². The van der Waals surface area contributed by atoms with E-state index in [-0.39, 0.29) is 10.6 Å². The van der Waals surface area contributed by atoms with Crippen molar-refractivity contribution in [2.75, 3.05) is 17.1 Å². The number of carbonyl (C=O) groups excluding carboxylic acids is 2. The molecule has 2 amide bonds. The summed E-state index contributed by atoms with van der Waals surface area (Å²) in [5, 5.41) is 1.58. The number of methoxy groups -OCH3 is 1. The Bertz CT molecular complexity index is 1640. The van der Waals surface area contributed by atoms with Gasteiger partial charge >= 0.3 is 10.1 Å². The van der Waals surface area contributed by atoms with Crippen molar-refractivity contribution < 1.29 is 31.8 Å². The molecular formula is C30H24N2O7S. The number of imide groups is 1. The smallest absolute Gasteiger partial charge is 0.339 e. The van der Waals surface area contributed by atoms with Crippen LogP contribution >= 0.6 is 0 Å². The molecule has 0 unspecified atom stereocenters. The van der Waals surface area contributed by atoms with Gasteiger partial charge in [-0.3, -0.25) is 14.4 Å². The van der Waals surface area contributed by atoms with Crippen LogP contribution in [0.1, 0.15) is 11.6 Å². The highest BCUT2D eigenvalue weighted by atomic mass is 32.2. The molecule has 3 atom stereocenters. The number of para-hydroxylation sites is 1. The second-order valence-corrected chi connectivity index (χ2v) is 10.8. The normalized spacial score (nSPS) is 20.5. The van der Waals surface area contributed by atoms with Gasteiger partial charge in [0, 0.05) is 0 Å². The molecule has 2 heterocycles. The molecule has 0 bridgehead atoms. The van der Waals surface area contributed by atoms with E-state index < -0.39 is 40.0 Å². The van der Waals surface area contributed by atoms with Gasteiger partial charge in [0.2, 0.25) is 5.91 Å². The zero-order valence-electron chi connectivity index (χ0n) is 21.3. The average molecular weight is 557 g/mol. The molecule has 6 rings (SSSR count). The lowest BCUT2D eigenvalue weighted by Gasteiger charge is -2.28. The van der Waals surface area contributed by atoms with Crippen LogP contribution in [0.5, 0.6) is 11.5 Å². The Balaban J connectivity index is 1.33. The largest absolute Gasteiger partial charge is 0.497 e. The standard InChI is InChI=1S/C30H24N2O7S/c1-37-23-18-14-21(15-19-23)31-29(33)26-27(32(38-28(26)30(31)34)22-8-4-2-5-9-22)20-12-16-24(17-13-20)39-40(35,36)25-10-6-3-7-11-25/h2-19,26-28H,1H3/t26-,27+,28+/m1/s1. The lowest BCUT2D eigenvalue weighted by Crippen LogP contribution is -2.37. The van der Waals surface area contributed by atoms with Crippen LogP contribution in [0.15, 0.2) is 114 Å². The highest BCUT2D eigenvalue weighted by molar-refractivity contribution is 7.87. The van der Waals surface area contributed by atoms with Gasteiger partial charge in [-0.1, -0.05) is 48.5 Å². The number of nitrogens with zero attached hydrogens (tertiary/aromatic N) is 2. The van der Waals surface area contributed by atoms with Crippen molar-refractivity contribution in [1.29, 1.82) is 0 Å². The highest BCUT2D eigenvalue weighted by Crippen LogP contribution is 2.47. The summed E-state index contributed by atoms with van der Waals surface area (Å²) in [7, 11) is -2.48. The lowest BCUT2D eigenvalue weighted by molar-refractivity contribution is -0.126. The third kappa shape index (κ3) is 4.47. The Morgan fingerprint density at radius 1 is 0.700 bits per heavy atom. The third-order valence-corrected chi connectivity index (χ3v) is 8.18. The zero-order valence-corrected chi connectivity index (χ0v) is 22.1. The number of ether oxygens (including phenoxy) is 1. The molecular weight excluding hydrogens is 532 g/mol. The van der Waals surface area contributed by atoms with E-state index in [0.29, 0.717) is 22.7 Å². The Hall–Kier alpha value is -4.67. The van der Waals surface area contributed by atoms with E-state index in [1.54, 1.807) is 59.7 Å². The van der Waals surface area contributed by atoms with Crippen LogP contribution in [-0.2, 0) is 24.5 Å². The maximum atomic E-state index is 13.8. The van der Waals surface area contributed by atoms with Gasteiger partial charge in [0.25, 0.3) is 5.91 Å². The molecule has 4 aromatic carbocycles. The van der Waals surface area contributed by atoms with Gasteiger partial charge in [-0.15, -0.1) is 0 Å². The molecule has 2 fully saturated rings. The molecule has 10 heteroatoms. The van der Waals surface area contributed by atoms with Crippen molar-refractivity contribution >= 4 is 33.3 Å². The molecule has 40 heavy (non-hydrogen) atoms. The van der Waals surface area contributed by atoms with E-state index in [9.17, 15) is 18.0 Å². The first-order chi connectivity index (χ1) is 19.4. The molecule has 0 radical (unpaired) electrons. The lowest BCUT2D eigenvalue weighted by atomic mass is 9.90. The fourth-order valence-electron chi connectivity index (χ4n) is 5.02. The van der Waals surface area contributed by atoms with Gasteiger partial charge in [-0.2, -0.15) is 8.42 Å². The fourth-order valence-corrected chi connectivity index (χ4v) is 5.97. The molecule has 0 spiro atoms. The molecule has 9 nitrogen and oxygen atoms in total. The summed E-state index contributed by atoms with van der Waals surface area (Å²) in [5.74, 6) is -0.977. The SMILES string of the molecule is COc1ccc(N2C(=O)[C@H]3[C@H](ON(c4ccccc4)[C@H]3c3ccc(OS(=O)(=O)c4ccccc4)cc3)C2=O)cc1. The Labute approximate surface area is 231 Å². The molecule has 4 aromatic rings. The molecule has 2 saturated heterocycles. The Morgan fingerprint density at radius 2 is 1.30 bits per heavy atom. The zero-order chi connectivity index (χ0) is 27.9. The number of hydrogen-bond donors (Lipinski definition) is 0. The molecule has 2 aliphatic heterocycles. The first-order valence-corrected chi connectivity index (χ1v) is 13.9. The van der Waals surface area contributed by atoms with Crippen molar-refractivity contribution in [3.05, 3.63) is 115 Å². The van der Waals surface area contributed by atoms with Crippen LogP contribution < -0.4 is 18.9 Å². The summed E-state index contributed by atoms with van der Waals surface area (Å²) in [6, 6.07) is 29.4. The number of fused-ring (bicyclic) bond motifs is 1. The van der Waals surface area contributed by atoms with Gasteiger partial charge in [-0.05, 0) is 66.2 Å². The summed E-state index contributed by atoms with van der Waals surface area (Å²) < 4.78 is 35.9. The van der Waals surface area contributed by atoms with Crippen LogP contribution in [0.2, 0.25) is 0 Å². The molecule has 0 aromatic heterocycles. The summed E-state index contributed by atoms with van der Waals surface area (Å²) in [6.45, 7) is 0. The van der Waals surface area contributed by atoms with Crippen molar-refractivity contribution in [2.45, 2.75) is 17.0 Å². The van der Waals surface area contributed by atoms with Gasteiger partial charge in [0.15, 0.2) is 6.10 Å². The monoisotopic (exact) mass is 556 g/mol. The quantitative estimate of drug-likeness (QED) is 0.242. The minimum Gasteiger partial charge on any atom is -0.497 e. The number of carbonyl (C=O) groups is 2. The van der Waals surface area contributed by atoms with E-state index >= 15 is 0 Å². The predicted octanol–water partition coefficient (Wildman–Crippen LogP) is 4.51. The van der Waals surface area contributed by atoms with E-state index in [2.05, 4.69) is 0 Å². The Morgan fingerprint density at radius 3 is 1.93 bits per heavy atom. The third-order valence-electron chi connectivity index (χ3n) is 6.92. The molecule has 0 saturated carbocycles. The summed E-state index contributed by atoms with van der Waals surface area (Å²) in [4.78, 5) is 34.6. The highest BCUT2D eigenvalue weighted by Gasteiger charge is 2.60. The van der Waals surface area contributed by atoms with Crippen LogP contribution in [0.4, 0.5) is 11.4 Å². The first kappa shape index (κ1) is 25.6. The fraction of sp³-hybridized carbons (Fsp3) is 0.133. The number of anilines is 2. The van der Waals surface area contributed by atoms with Gasteiger partial charge < -0.3 is 8.92 Å². The van der Waals surface area contributed by atoms with E-state index in [1.165, 1.54) is 31.4 Å². The number of hydrogen-bond acceptors (Lipinski definition) is 8. The van der Waals surface area contributed by atoms with Crippen LogP contribution in [-0.4, -0.2) is 33.4 Å². The molecule has 0 N–H and O–H groups in total. The number of rotatable bonds is 7. The molecule has 202 valence electrons. The second-order valence-electron chi connectivity index (χ2n) is 9.29. The summed E-state index contributed by atoms with van der Waals surface area (Å²) >= 11 is 0. The van der Waals surface area contributed by atoms with Gasteiger partial charge in [0.05, 0.1) is 24.5 Å². The minimum absolute atomic E-state index is 0.0371. The first-order valence-electron chi connectivity index (χ1n) is 12.5. The van der Waals surface area contributed by atoms with Crippen LogP contribution in [0.25, 0.3) is 0 Å². The van der Waals surface area contributed by atoms with E-state index in [4.69, 9.17) is 13.8 Å². The molecule has 2 aliphatic rings. The maximum Gasteiger partial charge on any atom is 0.339 e. The summed E-state index contributed by atoms with van der Waals surface area (Å²) in [5.41, 5.74) is 1.75. The number of amides is 2. The topological polar surface area (TPSA) is 102 Å². The van der Waals surface area contributed by atoms with Gasteiger partial charge in [-0.25, -0.2) is 9.96 Å². The Kier molecular flexibility index (Phi) is 6.49.